The fourth-order valence-corrected chi connectivity index (χ4v) is 4.20. The molecule has 1 unspecified atom stereocenters. The van der Waals surface area contributed by atoms with Gasteiger partial charge in [0, 0.05) is 39.1 Å². The van der Waals surface area contributed by atoms with Crippen molar-refractivity contribution >= 4 is 5.91 Å². The van der Waals surface area contributed by atoms with Crippen LogP contribution < -0.4 is 0 Å². The molecule has 3 rings (SSSR count). The molecule has 3 atom stereocenters. The van der Waals surface area contributed by atoms with Crippen molar-refractivity contribution in [1.29, 1.82) is 0 Å². The number of amides is 1. The minimum Gasteiger partial charge on any atom is -0.373 e. The van der Waals surface area contributed by atoms with Crippen molar-refractivity contribution in [3.63, 3.8) is 0 Å². The molecule has 0 aromatic heterocycles. The summed E-state index contributed by atoms with van der Waals surface area (Å²) in [6.07, 6.45) is 2.90. The van der Waals surface area contributed by atoms with Crippen LogP contribution in [-0.4, -0.2) is 60.6 Å². The Balaban J connectivity index is 1.44. The van der Waals surface area contributed by atoms with Crippen molar-refractivity contribution in [3.05, 3.63) is 35.1 Å². The molecule has 0 N–H and O–H groups in total. The van der Waals surface area contributed by atoms with Crippen LogP contribution in [0, 0.1) is 18.7 Å². The van der Waals surface area contributed by atoms with Gasteiger partial charge in [0.25, 0.3) is 0 Å². The highest BCUT2D eigenvalue weighted by Gasteiger charge is 2.28. The fourth-order valence-electron chi connectivity index (χ4n) is 4.20. The topological polar surface area (TPSA) is 32.8 Å². The first-order chi connectivity index (χ1) is 12.4. The average molecular weight is 362 g/mol. The maximum absolute atomic E-state index is 13.7. The van der Waals surface area contributed by atoms with Gasteiger partial charge in [-0.05, 0) is 56.7 Å². The summed E-state index contributed by atoms with van der Waals surface area (Å²) in [5.41, 5.74) is 1.72. The van der Waals surface area contributed by atoms with E-state index >= 15 is 0 Å². The lowest BCUT2D eigenvalue weighted by molar-refractivity contribution is -0.131. The van der Waals surface area contributed by atoms with Gasteiger partial charge in [0.2, 0.25) is 5.91 Å². The van der Waals surface area contributed by atoms with Crippen LogP contribution in [0.3, 0.4) is 0 Å². The summed E-state index contributed by atoms with van der Waals surface area (Å²) in [7, 11) is 0. The van der Waals surface area contributed by atoms with E-state index in [0.717, 1.165) is 51.1 Å². The Bertz CT molecular complexity index is 626. The monoisotopic (exact) mass is 362 g/mol. The normalized spacial score (nSPS) is 27.1. The molecule has 0 saturated carbocycles. The molecule has 5 heteroatoms. The number of carbonyl (C=O) groups excluding carboxylic acids is 1. The fraction of sp³-hybridized carbons (Fsp3) is 0.667. The second-order valence-corrected chi connectivity index (χ2v) is 8.05. The molecule has 1 amide bonds. The van der Waals surface area contributed by atoms with Crippen molar-refractivity contribution in [1.82, 2.24) is 9.80 Å². The van der Waals surface area contributed by atoms with E-state index in [2.05, 4.69) is 18.7 Å². The molecular formula is C21H31FN2O2. The van der Waals surface area contributed by atoms with Gasteiger partial charge in [-0.3, -0.25) is 9.69 Å². The van der Waals surface area contributed by atoms with Gasteiger partial charge < -0.3 is 9.64 Å². The molecule has 1 aromatic rings. The second kappa shape index (κ2) is 8.49. The molecule has 2 aliphatic heterocycles. The quantitative estimate of drug-likeness (QED) is 0.807. The largest absolute Gasteiger partial charge is 0.373 e. The first-order valence-corrected chi connectivity index (χ1v) is 9.81. The Labute approximate surface area is 156 Å². The Kier molecular flexibility index (Phi) is 6.30. The molecule has 26 heavy (non-hydrogen) atoms. The van der Waals surface area contributed by atoms with Crippen LogP contribution in [0.4, 0.5) is 4.39 Å². The van der Waals surface area contributed by atoms with Gasteiger partial charge in [0.1, 0.15) is 5.82 Å². The second-order valence-electron chi connectivity index (χ2n) is 8.05. The Morgan fingerprint density at radius 2 is 1.96 bits per heavy atom. The number of hydrogen-bond acceptors (Lipinski definition) is 3. The summed E-state index contributed by atoms with van der Waals surface area (Å²) in [5, 5.41) is 0. The van der Waals surface area contributed by atoms with Crippen molar-refractivity contribution in [2.45, 2.75) is 52.2 Å². The third-order valence-electron chi connectivity index (χ3n) is 5.54. The third-order valence-corrected chi connectivity index (χ3v) is 5.54. The highest BCUT2D eigenvalue weighted by atomic mass is 19.1. The Morgan fingerprint density at radius 3 is 2.65 bits per heavy atom. The number of hydrogen-bond donors (Lipinski definition) is 0. The number of rotatable bonds is 5. The third kappa shape index (κ3) is 5.04. The Morgan fingerprint density at radius 1 is 1.23 bits per heavy atom. The van der Waals surface area contributed by atoms with Crippen LogP contribution in [0.1, 0.15) is 37.8 Å². The predicted molar refractivity (Wildman–Crippen MR) is 101 cm³/mol. The lowest BCUT2D eigenvalue weighted by Crippen LogP contribution is -2.46. The number of benzene rings is 1. The molecule has 144 valence electrons. The zero-order valence-electron chi connectivity index (χ0n) is 16.2. The van der Waals surface area contributed by atoms with Gasteiger partial charge in [0.15, 0.2) is 0 Å². The zero-order valence-corrected chi connectivity index (χ0v) is 16.2. The summed E-state index contributed by atoms with van der Waals surface area (Å²) >= 11 is 0. The van der Waals surface area contributed by atoms with E-state index in [1.54, 1.807) is 13.0 Å². The van der Waals surface area contributed by atoms with Crippen LogP contribution in [0.25, 0.3) is 0 Å². The summed E-state index contributed by atoms with van der Waals surface area (Å²) in [5.74, 6) is 0.543. The standard InChI is InChI=1S/C21H31FN2O2/c1-15-4-5-18(11-20(15)22)10-19-6-9-24(14-19)21(25)7-8-23-12-16(2)26-17(3)13-23/h4-5,11,16-17,19H,6-10,12-14H2,1-3H3/t16-,17+,19?. The van der Waals surface area contributed by atoms with Crippen molar-refractivity contribution in [2.24, 2.45) is 5.92 Å². The smallest absolute Gasteiger partial charge is 0.223 e. The predicted octanol–water partition coefficient (Wildman–Crippen LogP) is 3.02. The summed E-state index contributed by atoms with van der Waals surface area (Å²) in [6.45, 7) is 10.2. The van der Waals surface area contributed by atoms with E-state index in [1.165, 1.54) is 0 Å². The van der Waals surface area contributed by atoms with Crippen molar-refractivity contribution < 1.29 is 13.9 Å². The van der Waals surface area contributed by atoms with Crippen LogP contribution >= 0.6 is 0 Å². The molecule has 2 saturated heterocycles. The lowest BCUT2D eigenvalue weighted by Gasteiger charge is -2.35. The van der Waals surface area contributed by atoms with Crippen molar-refractivity contribution in [3.8, 4) is 0 Å². The van der Waals surface area contributed by atoms with Gasteiger partial charge in [0.05, 0.1) is 12.2 Å². The highest BCUT2D eigenvalue weighted by molar-refractivity contribution is 5.76. The van der Waals surface area contributed by atoms with E-state index in [4.69, 9.17) is 4.74 Å². The van der Waals surface area contributed by atoms with Gasteiger partial charge in [-0.2, -0.15) is 0 Å². The summed E-state index contributed by atoms with van der Waals surface area (Å²) in [6, 6.07) is 5.48. The number of halogens is 1. The first kappa shape index (κ1) is 19.3. The van der Waals surface area contributed by atoms with Crippen LogP contribution in [-0.2, 0) is 16.0 Å². The minimum absolute atomic E-state index is 0.137. The van der Waals surface area contributed by atoms with Crippen LogP contribution in [0.5, 0.6) is 0 Å². The molecule has 1 aromatic carbocycles. The van der Waals surface area contributed by atoms with E-state index in [9.17, 15) is 9.18 Å². The minimum atomic E-state index is -0.137. The Hall–Kier alpha value is -1.46. The van der Waals surface area contributed by atoms with Crippen LogP contribution in [0.15, 0.2) is 18.2 Å². The maximum Gasteiger partial charge on any atom is 0.223 e. The molecule has 2 aliphatic rings. The molecule has 4 nitrogen and oxygen atoms in total. The SMILES string of the molecule is Cc1ccc(CC2CCN(C(=O)CCN3C[C@@H](C)O[C@@H](C)C3)C2)cc1F. The number of morpholine rings is 1. The molecular weight excluding hydrogens is 331 g/mol. The molecule has 0 aliphatic carbocycles. The molecule has 2 fully saturated rings. The molecule has 0 bridgehead atoms. The highest BCUT2D eigenvalue weighted by Crippen LogP contribution is 2.23. The summed E-state index contributed by atoms with van der Waals surface area (Å²) in [4.78, 5) is 16.9. The van der Waals surface area contributed by atoms with E-state index in [0.29, 0.717) is 17.9 Å². The number of aryl methyl sites for hydroxylation is 1. The zero-order chi connectivity index (χ0) is 18.7. The number of carbonyl (C=O) groups is 1. The lowest BCUT2D eigenvalue weighted by atomic mass is 9.98. The number of ether oxygens (including phenoxy) is 1. The summed E-state index contributed by atoms with van der Waals surface area (Å²) < 4.78 is 19.5. The van der Waals surface area contributed by atoms with E-state index in [1.807, 2.05) is 17.0 Å². The number of likely N-dealkylation sites (tertiary alicyclic amines) is 1. The maximum atomic E-state index is 13.7. The van der Waals surface area contributed by atoms with Gasteiger partial charge in [-0.25, -0.2) is 4.39 Å². The van der Waals surface area contributed by atoms with Gasteiger partial charge in [-0.1, -0.05) is 12.1 Å². The molecule has 2 heterocycles. The molecule has 0 radical (unpaired) electrons. The molecule has 0 spiro atoms. The van der Waals surface area contributed by atoms with Crippen molar-refractivity contribution in [2.75, 3.05) is 32.7 Å². The van der Waals surface area contributed by atoms with Crippen LogP contribution in [0.2, 0.25) is 0 Å². The van der Waals surface area contributed by atoms with E-state index < -0.39 is 0 Å². The van der Waals surface area contributed by atoms with Gasteiger partial charge in [-0.15, -0.1) is 0 Å². The van der Waals surface area contributed by atoms with Gasteiger partial charge >= 0.3 is 0 Å². The van der Waals surface area contributed by atoms with E-state index in [-0.39, 0.29) is 23.9 Å². The number of nitrogens with zero attached hydrogens (tertiary/aromatic N) is 2. The first-order valence-electron chi connectivity index (χ1n) is 9.81. The average Bonchev–Trinajstić information content (AvgIpc) is 3.04.